The van der Waals surface area contributed by atoms with Crippen LogP contribution in [-0.2, 0) is 19.1 Å². The predicted octanol–water partition coefficient (Wildman–Crippen LogP) is 3.29. The highest BCUT2D eigenvalue weighted by molar-refractivity contribution is 8.01. The first-order valence-electron chi connectivity index (χ1n) is 8.52. The molecule has 3 rings (SSSR count). The van der Waals surface area contributed by atoms with E-state index in [-0.39, 0.29) is 18.9 Å². The van der Waals surface area contributed by atoms with Crippen molar-refractivity contribution in [2.45, 2.75) is 30.4 Å². The Balaban J connectivity index is 1.51. The molecule has 1 heterocycles. The fraction of sp³-hybridized carbons (Fsp3) is 0.250. The molecule has 0 saturated heterocycles. The van der Waals surface area contributed by atoms with E-state index in [4.69, 9.17) is 4.74 Å². The fourth-order valence-corrected chi connectivity index (χ4v) is 3.87. The van der Waals surface area contributed by atoms with Crippen molar-refractivity contribution in [2.75, 3.05) is 17.2 Å². The molecule has 0 bridgehead atoms. The van der Waals surface area contributed by atoms with E-state index in [1.165, 1.54) is 11.8 Å². The standard InChI is InChI=1S/C20H20N2O4S/c1-12-6-5-7-13(2)19(12)22-17(23)11-26-18(24)10-16-20(25)21-14-8-3-4-9-15(14)27-16/h3-9,16H,10-11H2,1-2H3,(H,21,25)(H,22,23)/t16-/m0/s1. The van der Waals surface area contributed by atoms with E-state index >= 15 is 0 Å². The zero-order valence-corrected chi connectivity index (χ0v) is 15.9. The zero-order valence-electron chi connectivity index (χ0n) is 15.1. The van der Waals surface area contributed by atoms with Crippen molar-refractivity contribution >= 4 is 40.9 Å². The maximum Gasteiger partial charge on any atom is 0.307 e. The minimum absolute atomic E-state index is 0.0957. The quantitative estimate of drug-likeness (QED) is 0.773. The van der Waals surface area contributed by atoms with Gasteiger partial charge in [-0.25, -0.2) is 0 Å². The van der Waals surface area contributed by atoms with E-state index in [9.17, 15) is 14.4 Å². The SMILES string of the molecule is Cc1cccc(C)c1NC(=O)COC(=O)C[C@@H]1Sc2ccccc2NC1=O. The van der Waals surface area contributed by atoms with Gasteiger partial charge in [0.2, 0.25) is 5.91 Å². The summed E-state index contributed by atoms with van der Waals surface area (Å²) in [5.74, 6) is -1.24. The molecule has 2 amide bonds. The Morgan fingerprint density at radius 1 is 1.11 bits per heavy atom. The van der Waals surface area contributed by atoms with Crippen LogP contribution in [0.2, 0.25) is 0 Å². The van der Waals surface area contributed by atoms with Crippen LogP contribution in [0.15, 0.2) is 47.4 Å². The number of para-hydroxylation sites is 2. The Morgan fingerprint density at radius 2 is 1.81 bits per heavy atom. The lowest BCUT2D eigenvalue weighted by Crippen LogP contribution is -2.32. The Kier molecular flexibility index (Phi) is 5.81. The summed E-state index contributed by atoms with van der Waals surface area (Å²) in [4.78, 5) is 37.2. The lowest BCUT2D eigenvalue weighted by molar-refractivity contribution is -0.147. The van der Waals surface area contributed by atoms with Crippen molar-refractivity contribution in [1.29, 1.82) is 0 Å². The highest BCUT2D eigenvalue weighted by atomic mass is 32.2. The summed E-state index contributed by atoms with van der Waals surface area (Å²) in [5.41, 5.74) is 3.33. The molecule has 2 aromatic rings. The molecule has 0 unspecified atom stereocenters. The maximum atomic E-state index is 12.1. The number of esters is 1. The second kappa shape index (κ2) is 8.26. The van der Waals surface area contributed by atoms with Gasteiger partial charge in [0.05, 0.1) is 17.4 Å². The molecule has 6 nitrogen and oxygen atoms in total. The van der Waals surface area contributed by atoms with Gasteiger partial charge in [-0.2, -0.15) is 0 Å². The van der Waals surface area contributed by atoms with Gasteiger partial charge in [0.25, 0.3) is 5.91 Å². The molecule has 27 heavy (non-hydrogen) atoms. The lowest BCUT2D eigenvalue weighted by atomic mass is 10.1. The van der Waals surface area contributed by atoms with Gasteiger partial charge < -0.3 is 15.4 Å². The Morgan fingerprint density at radius 3 is 2.56 bits per heavy atom. The van der Waals surface area contributed by atoms with Gasteiger partial charge in [-0.1, -0.05) is 30.3 Å². The van der Waals surface area contributed by atoms with Crippen LogP contribution < -0.4 is 10.6 Å². The summed E-state index contributed by atoms with van der Waals surface area (Å²) in [5, 5.41) is 4.96. The summed E-state index contributed by atoms with van der Waals surface area (Å²) in [7, 11) is 0. The average Bonchev–Trinajstić information content (AvgIpc) is 2.64. The number of rotatable bonds is 5. The van der Waals surface area contributed by atoms with Crippen molar-refractivity contribution in [3.05, 3.63) is 53.6 Å². The fourth-order valence-electron chi connectivity index (χ4n) is 2.77. The number of carbonyl (C=O) groups is 3. The monoisotopic (exact) mass is 384 g/mol. The van der Waals surface area contributed by atoms with Crippen LogP contribution >= 0.6 is 11.8 Å². The highest BCUT2D eigenvalue weighted by Crippen LogP contribution is 2.36. The zero-order chi connectivity index (χ0) is 19.4. The number of hydrogen-bond donors (Lipinski definition) is 2. The van der Waals surface area contributed by atoms with Crippen LogP contribution in [0.25, 0.3) is 0 Å². The first-order valence-corrected chi connectivity index (χ1v) is 9.40. The number of fused-ring (bicyclic) bond motifs is 1. The van der Waals surface area contributed by atoms with E-state index < -0.39 is 17.1 Å². The molecule has 7 heteroatoms. The van der Waals surface area contributed by atoms with E-state index in [2.05, 4.69) is 10.6 Å². The molecule has 0 fully saturated rings. The third kappa shape index (κ3) is 4.68. The minimum atomic E-state index is -0.585. The van der Waals surface area contributed by atoms with Gasteiger partial charge in [-0.3, -0.25) is 14.4 Å². The van der Waals surface area contributed by atoms with Gasteiger partial charge >= 0.3 is 5.97 Å². The van der Waals surface area contributed by atoms with Crippen LogP contribution in [0, 0.1) is 13.8 Å². The number of carbonyl (C=O) groups excluding carboxylic acids is 3. The number of amides is 2. The normalized spacial score (nSPS) is 15.5. The van der Waals surface area contributed by atoms with Gasteiger partial charge in [0, 0.05) is 10.6 Å². The molecule has 2 aromatic carbocycles. The number of hydrogen-bond acceptors (Lipinski definition) is 5. The van der Waals surface area contributed by atoms with E-state index in [0.717, 1.165) is 27.4 Å². The van der Waals surface area contributed by atoms with Crippen LogP contribution in [0.5, 0.6) is 0 Å². The number of anilines is 2. The van der Waals surface area contributed by atoms with Crippen LogP contribution in [0.1, 0.15) is 17.5 Å². The second-order valence-corrected chi connectivity index (χ2v) is 7.52. The van der Waals surface area contributed by atoms with Gasteiger partial charge in [0.15, 0.2) is 6.61 Å². The van der Waals surface area contributed by atoms with Gasteiger partial charge in [-0.05, 0) is 37.1 Å². The molecular weight excluding hydrogens is 364 g/mol. The van der Waals surface area contributed by atoms with Gasteiger partial charge in [-0.15, -0.1) is 11.8 Å². The number of thioether (sulfide) groups is 1. The number of benzene rings is 2. The summed E-state index contributed by atoms with van der Waals surface area (Å²) in [6.07, 6.45) is -0.0957. The van der Waals surface area contributed by atoms with Crippen LogP contribution in [-0.4, -0.2) is 29.6 Å². The maximum absolute atomic E-state index is 12.1. The number of nitrogens with one attached hydrogen (secondary N) is 2. The summed E-state index contributed by atoms with van der Waals surface area (Å²) < 4.78 is 5.05. The third-order valence-electron chi connectivity index (χ3n) is 4.17. The summed E-state index contributed by atoms with van der Waals surface area (Å²) in [6.45, 7) is 3.40. The molecule has 0 saturated carbocycles. The first kappa shape index (κ1) is 19.0. The minimum Gasteiger partial charge on any atom is -0.456 e. The first-order chi connectivity index (χ1) is 12.9. The van der Waals surface area contributed by atoms with Crippen molar-refractivity contribution in [2.24, 2.45) is 0 Å². The molecule has 1 aliphatic heterocycles. The molecular formula is C20H20N2O4S. The van der Waals surface area contributed by atoms with E-state index in [0.29, 0.717) is 0 Å². The predicted molar refractivity (Wildman–Crippen MR) is 105 cm³/mol. The Bertz CT molecular complexity index is 877. The molecule has 2 N–H and O–H groups in total. The number of ether oxygens (including phenoxy) is 1. The van der Waals surface area contributed by atoms with Crippen LogP contribution in [0.4, 0.5) is 11.4 Å². The molecule has 0 aliphatic carbocycles. The summed E-state index contributed by atoms with van der Waals surface area (Å²) >= 11 is 1.32. The lowest BCUT2D eigenvalue weighted by Gasteiger charge is -2.23. The molecule has 1 atom stereocenters. The molecule has 0 radical (unpaired) electrons. The van der Waals surface area contributed by atoms with Crippen molar-refractivity contribution in [3.63, 3.8) is 0 Å². The van der Waals surface area contributed by atoms with Crippen molar-refractivity contribution < 1.29 is 19.1 Å². The Labute approximate surface area is 161 Å². The topological polar surface area (TPSA) is 84.5 Å². The third-order valence-corrected chi connectivity index (χ3v) is 5.44. The molecule has 0 spiro atoms. The molecule has 0 aromatic heterocycles. The van der Waals surface area contributed by atoms with E-state index in [1.807, 2.05) is 56.3 Å². The van der Waals surface area contributed by atoms with E-state index in [1.54, 1.807) is 0 Å². The van der Waals surface area contributed by atoms with Crippen molar-refractivity contribution in [1.82, 2.24) is 0 Å². The Hall–Kier alpha value is -2.80. The number of aryl methyl sites for hydroxylation is 2. The molecule has 140 valence electrons. The second-order valence-electron chi connectivity index (χ2n) is 6.27. The summed E-state index contributed by atoms with van der Waals surface area (Å²) in [6, 6.07) is 13.1. The smallest absolute Gasteiger partial charge is 0.307 e. The largest absolute Gasteiger partial charge is 0.456 e. The average molecular weight is 384 g/mol. The van der Waals surface area contributed by atoms with Gasteiger partial charge in [0.1, 0.15) is 0 Å². The van der Waals surface area contributed by atoms with Crippen molar-refractivity contribution in [3.8, 4) is 0 Å². The molecule has 1 aliphatic rings. The highest BCUT2D eigenvalue weighted by Gasteiger charge is 2.29. The van der Waals surface area contributed by atoms with Crippen LogP contribution in [0.3, 0.4) is 0 Å².